The van der Waals surface area contributed by atoms with Gasteiger partial charge in [-0.1, -0.05) is 29.8 Å². The monoisotopic (exact) mass is 342 g/mol. The van der Waals surface area contributed by atoms with E-state index in [1.807, 2.05) is 38.1 Å². The number of anilines is 4. The number of rotatable bonds is 4. The fourth-order valence-electron chi connectivity index (χ4n) is 2.27. The molecule has 0 saturated carbocycles. The molecule has 0 radical (unpaired) electrons. The van der Waals surface area contributed by atoms with Gasteiger partial charge in [-0.3, -0.25) is 0 Å². The summed E-state index contributed by atoms with van der Waals surface area (Å²) >= 11 is 5.81. The van der Waals surface area contributed by atoms with Crippen LogP contribution in [0.4, 0.5) is 27.4 Å². The molecular weight excluding hydrogens is 327 g/mol. The first kappa shape index (κ1) is 16.2. The number of aryl methyl sites for hydroxylation is 2. The number of para-hydroxylation sites is 1. The van der Waals surface area contributed by atoms with E-state index in [-0.39, 0.29) is 5.02 Å². The Bertz CT molecular complexity index is 883. The summed E-state index contributed by atoms with van der Waals surface area (Å²) in [6.45, 7) is 3.84. The highest BCUT2D eigenvalue weighted by Crippen LogP contribution is 2.24. The summed E-state index contributed by atoms with van der Waals surface area (Å²) in [7, 11) is 0. The second-order valence-electron chi connectivity index (χ2n) is 5.38. The molecule has 0 atom stereocenters. The highest BCUT2D eigenvalue weighted by atomic mass is 35.5. The van der Waals surface area contributed by atoms with Gasteiger partial charge < -0.3 is 10.6 Å². The summed E-state index contributed by atoms with van der Waals surface area (Å²) in [5, 5.41) is 6.45. The molecule has 0 fully saturated rings. The Labute approximate surface area is 144 Å². The molecule has 1 heterocycles. The minimum atomic E-state index is -0.456. The topological polar surface area (TPSA) is 49.8 Å². The maximum absolute atomic E-state index is 13.3. The molecule has 0 spiro atoms. The number of hydrogen-bond acceptors (Lipinski definition) is 4. The third-order valence-electron chi connectivity index (χ3n) is 3.44. The summed E-state index contributed by atoms with van der Waals surface area (Å²) in [5.74, 6) is 1.43. The van der Waals surface area contributed by atoms with Crippen molar-refractivity contribution in [2.75, 3.05) is 10.6 Å². The maximum atomic E-state index is 13.3. The van der Waals surface area contributed by atoms with E-state index in [1.54, 1.807) is 12.1 Å². The molecule has 0 aliphatic rings. The third kappa shape index (κ3) is 3.81. The standard InChI is InChI=1S/C18H16ClFN4/c1-11-5-3-4-6-16(11)24-18-10-17(21-12(2)22-18)23-13-7-8-15(20)14(19)9-13/h3-10H,1-2H3,(H2,21,22,23,24). The highest BCUT2D eigenvalue weighted by Gasteiger charge is 2.06. The van der Waals surface area contributed by atoms with Gasteiger partial charge in [-0.2, -0.15) is 0 Å². The average molecular weight is 343 g/mol. The number of nitrogens with zero attached hydrogens (tertiary/aromatic N) is 2. The van der Waals surface area contributed by atoms with Gasteiger partial charge in [0.05, 0.1) is 5.02 Å². The highest BCUT2D eigenvalue weighted by molar-refractivity contribution is 6.31. The van der Waals surface area contributed by atoms with Gasteiger partial charge in [-0.05, 0) is 43.7 Å². The zero-order valence-corrected chi connectivity index (χ0v) is 14.0. The van der Waals surface area contributed by atoms with Crippen molar-refractivity contribution in [1.82, 2.24) is 9.97 Å². The van der Waals surface area contributed by atoms with Crippen LogP contribution in [0, 0.1) is 19.7 Å². The molecule has 4 nitrogen and oxygen atoms in total. The summed E-state index contributed by atoms with van der Waals surface area (Å²) in [6, 6.07) is 14.2. The number of halogens is 2. The first-order valence-corrected chi connectivity index (χ1v) is 7.79. The van der Waals surface area contributed by atoms with E-state index in [4.69, 9.17) is 11.6 Å². The molecule has 3 aromatic rings. The Hall–Kier alpha value is -2.66. The molecule has 2 N–H and O–H groups in total. The molecular formula is C18H16ClFN4. The van der Waals surface area contributed by atoms with Crippen LogP contribution in [0.3, 0.4) is 0 Å². The minimum absolute atomic E-state index is 0.0593. The molecule has 3 rings (SSSR count). The molecule has 0 aliphatic carbocycles. The Morgan fingerprint density at radius 2 is 1.62 bits per heavy atom. The van der Waals surface area contributed by atoms with E-state index in [2.05, 4.69) is 20.6 Å². The van der Waals surface area contributed by atoms with Crippen molar-refractivity contribution in [3.63, 3.8) is 0 Å². The fraction of sp³-hybridized carbons (Fsp3) is 0.111. The van der Waals surface area contributed by atoms with Crippen molar-refractivity contribution in [2.45, 2.75) is 13.8 Å². The SMILES string of the molecule is Cc1nc(Nc2ccc(F)c(Cl)c2)cc(Nc2ccccc2C)n1. The van der Waals surface area contributed by atoms with Crippen LogP contribution in [0.2, 0.25) is 5.02 Å². The number of benzene rings is 2. The van der Waals surface area contributed by atoms with Crippen LogP contribution in [0.5, 0.6) is 0 Å². The lowest BCUT2D eigenvalue weighted by Gasteiger charge is -2.12. The van der Waals surface area contributed by atoms with Gasteiger partial charge >= 0.3 is 0 Å². The molecule has 6 heteroatoms. The van der Waals surface area contributed by atoms with Gasteiger partial charge in [0.25, 0.3) is 0 Å². The number of hydrogen-bond donors (Lipinski definition) is 2. The number of nitrogens with one attached hydrogen (secondary N) is 2. The molecule has 0 aliphatic heterocycles. The van der Waals surface area contributed by atoms with Crippen molar-refractivity contribution in [2.24, 2.45) is 0 Å². The van der Waals surface area contributed by atoms with E-state index >= 15 is 0 Å². The predicted octanol–water partition coefficient (Wildman–Crippen LogP) is 5.37. The number of aromatic nitrogens is 2. The Morgan fingerprint density at radius 3 is 2.33 bits per heavy atom. The lowest BCUT2D eigenvalue weighted by atomic mass is 10.2. The van der Waals surface area contributed by atoms with Crippen molar-refractivity contribution < 1.29 is 4.39 Å². The van der Waals surface area contributed by atoms with E-state index in [0.717, 1.165) is 11.3 Å². The largest absolute Gasteiger partial charge is 0.340 e. The molecule has 0 saturated heterocycles. The van der Waals surface area contributed by atoms with Crippen LogP contribution in [-0.2, 0) is 0 Å². The molecule has 0 bridgehead atoms. The lowest BCUT2D eigenvalue weighted by molar-refractivity contribution is 0.628. The Kier molecular flexibility index (Phi) is 4.62. The average Bonchev–Trinajstić information content (AvgIpc) is 2.53. The van der Waals surface area contributed by atoms with Crippen LogP contribution >= 0.6 is 11.6 Å². The van der Waals surface area contributed by atoms with Gasteiger partial charge in [0, 0.05) is 17.4 Å². The quantitative estimate of drug-likeness (QED) is 0.669. The van der Waals surface area contributed by atoms with E-state index in [0.29, 0.717) is 23.1 Å². The van der Waals surface area contributed by atoms with Crippen LogP contribution in [0.15, 0.2) is 48.5 Å². The van der Waals surface area contributed by atoms with Gasteiger partial charge in [-0.15, -0.1) is 0 Å². The second-order valence-corrected chi connectivity index (χ2v) is 5.79. The summed E-state index contributed by atoms with van der Waals surface area (Å²) < 4.78 is 13.3. The van der Waals surface area contributed by atoms with Crippen molar-refractivity contribution >= 4 is 34.6 Å². The Morgan fingerprint density at radius 1 is 0.917 bits per heavy atom. The van der Waals surface area contributed by atoms with Crippen LogP contribution in [0.25, 0.3) is 0 Å². The predicted molar refractivity (Wildman–Crippen MR) is 95.9 cm³/mol. The van der Waals surface area contributed by atoms with Crippen LogP contribution in [-0.4, -0.2) is 9.97 Å². The second kappa shape index (κ2) is 6.84. The van der Waals surface area contributed by atoms with Gasteiger partial charge in [0.15, 0.2) is 0 Å². The van der Waals surface area contributed by atoms with E-state index in [9.17, 15) is 4.39 Å². The molecule has 2 aromatic carbocycles. The van der Waals surface area contributed by atoms with Gasteiger partial charge in [0.1, 0.15) is 23.3 Å². The zero-order chi connectivity index (χ0) is 17.1. The maximum Gasteiger partial charge on any atom is 0.141 e. The third-order valence-corrected chi connectivity index (χ3v) is 3.73. The zero-order valence-electron chi connectivity index (χ0n) is 13.3. The van der Waals surface area contributed by atoms with Crippen molar-refractivity contribution in [1.29, 1.82) is 0 Å². The molecule has 24 heavy (non-hydrogen) atoms. The summed E-state index contributed by atoms with van der Waals surface area (Å²) in [5.41, 5.74) is 2.75. The van der Waals surface area contributed by atoms with Crippen molar-refractivity contribution in [3.05, 3.63) is 70.8 Å². The van der Waals surface area contributed by atoms with Crippen molar-refractivity contribution in [3.8, 4) is 0 Å². The molecule has 1 aromatic heterocycles. The molecule has 122 valence electrons. The van der Waals surface area contributed by atoms with E-state index < -0.39 is 5.82 Å². The molecule has 0 amide bonds. The summed E-state index contributed by atoms with van der Waals surface area (Å²) in [4.78, 5) is 8.74. The smallest absolute Gasteiger partial charge is 0.141 e. The molecule has 0 unspecified atom stereocenters. The van der Waals surface area contributed by atoms with Gasteiger partial charge in [0.2, 0.25) is 0 Å². The lowest BCUT2D eigenvalue weighted by Crippen LogP contribution is -2.02. The normalized spacial score (nSPS) is 10.5. The van der Waals surface area contributed by atoms with E-state index in [1.165, 1.54) is 12.1 Å². The minimum Gasteiger partial charge on any atom is -0.340 e. The first-order chi connectivity index (χ1) is 11.5. The van der Waals surface area contributed by atoms with Crippen LogP contribution in [0.1, 0.15) is 11.4 Å². The summed E-state index contributed by atoms with van der Waals surface area (Å²) in [6.07, 6.45) is 0. The fourth-order valence-corrected chi connectivity index (χ4v) is 2.45. The van der Waals surface area contributed by atoms with Crippen LogP contribution < -0.4 is 10.6 Å². The van der Waals surface area contributed by atoms with Gasteiger partial charge in [-0.25, -0.2) is 14.4 Å². The Balaban J connectivity index is 1.86. The first-order valence-electron chi connectivity index (χ1n) is 7.42.